The van der Waals surface area contributed by atoms with Crippen molar-refractivity contribution in [3.63, 3.8) is 0 Å². The number of aryl methyl sites for hydroxylation is 2. The van der Waals surface area contributed by atoms with Crippen molar-refractivity contribution < 1.29 is 17.5 Å². The lowest BCUT2D eigenvalue weighted by atomic mass is 10.1. The zero-order chi connectivity index (χ0) is 20.1. The molecule has 6 heteroatoms. The number of hydrogen-bond acceptors (Lipinski definition) is 4. The van der Waals surface area contributed by atoms with Crippen LogP contribution in [0.25, 0.3) is 21.3 Å². The van der Waals surface area contributed by atoms with E-state index in [1.54, 1.807) is 6.07 Å². The molecule has 1 aromatic heterocycles. The van der Waals surface area contributed by atoms with Crippen molar-refractivity contribution in [2.75, 3.05) is 0 Å². The molecule has 0 spiro atoms. The van der Waals surface area contributed by atoms with E-state index in [0.717, 1.165) is 6.54 Å². The van der Waals surface area contributed by atoms with E-state index in [-0.39, 0.29) is 4.90 Å². The highest BCUT2D eigenvalue weighted by Gasteiger charge is 2.15. The Kier molecular flexibility index (Phi) is 6.24. The van der Waals surface area contributed by atoms with Gasteiger partial charge in [0.2, 0.25) is 10.5 Å². The van der Waals surface area contributed by atoms with Gasteiger partial charge in [0.15, 0.2) is 0 Å². The van der Waals surface area contributed by atoms with Crippen LogP contribution >= 0.6 is 11.3 Å². The monoisotopic (exact) mass is 411 g/mol. The molecule has 0 radical (unpaired) electrons. The summed E-state index contributed by atoms with van der Waals surface area (Å²) >= 11 is 1.87. The molecule has 4 rings (SSSR count). The van der Waals surface area contributed by atoms with Crippen LogP contribution in [-0.4, -0.2) is 13.0 Å². The lowest BCUT2D eigenvalue weighted by molar-refractivity contribution is -0.669. The average Bonchev–Trinajstić information content (AvgIpc) is 3.03. The maximum Gasteiger partial charge on any atom is 0.235 e. The molecule has 1 heterocycles. The van der Waals surface area contributed by atoms with Gasteiger partial charge in [0.05, 0.1) is 4.90 Å². The number of hydrogen-bond donors (Lipinski definition) is 0. The van der Waals surface area contributed by atoms with Gasteiger partial charge in [0, 0.05) is 13.0 Å². The number of thiazole rings is 1. The van der Waals surface area contributed by atoms with Gasteiger partial charge < -0.3 is 4.55 Å². The fourth-order valence-corrected chi connectivity index (χ4v) is 4.54. The maximum absolute atomic E-state index is 10.3. The minimum atomic E-state index is -4.25. The van der Waals surface area contributed by atoms with E-state index < -0.39 is 10.1 Å². The Bertz CT molecular complexity index is 1170. The Balaban J connectivity index is 0.000000192. The molecule has 0 aliphatic heterocycles. The van der Waals surface area contributed by atoms with Crippen LogP contribution in [0.4, 0.5) is 0 Å². The van der Waals surface area contributed by atoms with Crippen LogP contribution in [0.2, 0.25) is 0 Å². The van der Waals surface area contributed by atoms with Crippen LogP contribution in [0, 0.1) is 6.92 Å². The van der Waals surface area contributed by atoms with Crippen molar-refractivity contribution >= 4 is 31.7 Å². The minimum Gasteiger partial charge on any atom is -0.744 e. The van der Waals surface area contributed by atoms with E-state index in [1.807, 2.05) is 11.3 Å². The smallest absolute Gasteiger partial charge is 0.235 e. The molecular formula is C22H21NO3S2. The summed E-state index contributed by atoms with van der Waals surface area (Å²) in [5.74, 6) is 0. The molecule has 0 aliphatic rings. The van der Waals surface area contributed by atoms with Crippen LogP contribution in [0.5, 0.6) is 0 Å². The molecule has 0 N–H and O–H groups in total. The van der Waals surface area contributed by atoms with Crippen molar-refractivity contribution in [2.45, 2.75) is 25.3 Å². The summed E-state index contributed by atoms with van der Waals surface area (Å²) < 4.78 is 34.6. The Morgan fingerprint density at radius 2 is 1.50 bits per heavy atom. The first-order valence-corrected chi connectivity index (χ1v) is 11.1. The predicted molar refractivity (Wildman–Crippen MR) is 112 cm³/mol. The summed E-state index contributed by atoms with van der Waals surface area (Å²) in [5, 5.41) is 1.37. The van der Waals surface area contributed by atoms with E-state index in [1.165, 1.54) is 50.6 Å². The van der Waals surface area contributed by atoms with Gasteiger partial charge >= 0.3 is 0 Å². The second-order valence-electron chi connectivity index (χ2n) is 6.18. The summed E-state index contributed by atoms with van der Waals surface area (Å²) in [6.07, 6.45) is 0. The highest BCUT2D eigenvalue weighted by molar-refractivity contribution is 7.85. The van der Waals surface area contributed by atoms with E-state index in [0.29, 0.717) is 0 Å². The van der Waals surface area contributed by atoms with Crippen molar-refractivity contribution in [3.05, 3.63) is 83.9 Å². The first-order chi connectivity index (χ1) is 13.4. The zero-order valence-corrected chi connectivity index (χ0v) is 17.3. The maximum atomic E-state index is 10.3. The molecular weight excluding hydrogens is 390 g/mol. The van der Waals surface area contributed by atoms with E-state index in [9.17, 15) is 13.0 Å². The number of rotatable bonds is 3. The Labute approximate surface area is 169 Å². The quantitative estimate of drug-likeness (QED) is 0.360. The molecule has 0 unspecified atom stereocenters. The SMILES string of the molecule is CC[n+]1c(C)sc2ccc(-c3ccccc3)cc21.O=S(=O)([O-])c1ccccc1. The zero-order valence-electron chi connectivity index (χ0n) is 15.7. The Hall–Kier alpha value is -2.54. The van der Waals surface area contributed by atoms with Crippen molar-refractivity contribution in [2.24, 2.45) is 0 Å². The van der Waals surface area contributed by atoms with Gasteiger partial charge in [0.25, 0.3) is 0 Å². The molecule has 0 atom stereocenters. The second kappa shape index (κ2) is 8.65. The van der Waals surface area contributed by atoms with Gasteiger partial charge in [-0.25, -0.2) is 8.42 Å². The fourth-order valence-electron chi connectivity index (χ4n) is 2.99. The largest absolute Gasteiger partial charge is 0.744 e. The van der Waals surface area contributed by atoms with Crippen LogP contribution in [0.3, 0.4) is 0 Å². The van der Waals surface area contributed by atoms with Gasteiger partial charge in [-0.15, -0.1) is 0 Å². The van der Waals surface area contributed by atoms with Crippen molar-refractivity contribution in [1.29, 1.82) is 0 Å². The number of nitrogens with zero attached hydrogens (tertiary/aromatic N) is 1. The van der Waals surface area contributed by atoms with Gasteiger partial charge in [-0.05, 0) is 36.2 Å². The summed E-state index contributed by atoms with van der Waals surface area (Å²) in [4.78, 5) is -0.185. The molecule has 4 nitrogen and oxygen atoms in total. The Morgan fingerprint density at radius 1 is 0.893 bits per heavy atom. The molecule has 0 amide bonds. The van der Waals surface area contributed by atoms with E-state index in [2.05, 4.69) is 66.9 Å². The summed E-state index contributed by atoms with van der Waals surface area (Å²) in [5.41, 5.74) is 3.93. The molecule has 4 aromatic rings. The first-order valence-electron chi connectivity index (χ1n) is 8.89. The van der Waals surface area contributed by atoms with E-state index >= 15 is 0 Å². The van der Waals surface area contributed by atoms with Crippen LogP contribution < -0.4 is 4.57 Å². The van der Waals surface area contributed by atoms with Gasteiger partial charge in [-0.1, -0.05) is 65.9 Å². The molecule has 0 saturated heterocycles. The van der Waals surface area contributed by atoms with Crippen LogP contribution in [0.1, 0.15) is 11.9 Å². The Morgan fingerprint density at radius 3 is 2.04 bits per heavy atom. The standard InChI is InChI=1S/C16H16NS.C6H6O3S/c1-3-17-12(2)18-16-10-9-14(11-15(16)17)13-7-5-4-6-8-13;7-10(8,9)6-4-2-1-3-5-6/h4-11H,3H2,1-2H3;1-5H,(H,7,8,9)/q+1;/p-1. The van der Waals surface area contributed by atoms with Crippen LogP contribution in [0.15, 0.2) is 83.8 Å². The van der Waals surface area contributed by atoms with Gasteiger partial charge in [0.1, 0.15) is 21.4 Å². The third-order valence-corrected chi connectivity index (χ3v) is 6.27. The van der Waals surface area contributed by atoms with Crippen LogP contribution in [-0.2, 0) is 16.7 Å². The normalized spacial score (nSPS) is 11.1. The van der Waals surface area contributed by atoms with Crippen molar-refractivity contribution in [1.82, 2.24) is 0 Å². The molecule has 0 bridgehead atoms. The molecule has 3 aromatic carbocycles. The number of benzene rings is 3. The molecule has 0 fully saturated rings. The van der Waals surface area contributed by atoms with Gasteiger partial charge in [-0.2, -0.15) is 4.57 Å². The average molecular weight is 412 g/mol. The van der Waals surface area contributed by atoms with Crippen molar-refractivity contribution in [3.8, 4) is 11.1 Å². The second-order valence-corrected chi connectivity index (χ2v) is 8.80. The molecule has 28 heavy (non-hydrogen) atoms. The third-order valence-electron chi connectivity index (χ3n) is 4.34. The van der Waals surface area contributed by atoms with Gasteiger partial charge in [-0.3, -0.25) is 0 Å². The van der Waals surface area contributed by atoms with E-state index in [4.69, 9.17) is 0 Å². The highest BCUT2D eigenvalue weighted by Crippen LogP contribution is 2.26. The molecule has 0 aliphatic carbocycles. The molecule has 0 saturated carbocycles. The molecule has 144 valence electrons. The number of aromatic nitrogens is 1. The summed E-state index contributed by atoms with van der Waals surface area (Å²) in [6.45, 7) is 5.43. The summed E-state index contributed by atoms with van der Waals surface area (Å²) in [6, 6.07) is 24.5. The lowest BCUT2D eigenvalue weighted by Crippen LogP contribution is -2.33. The fraction of sp³-hybridized carbons (Fsp3) is 0.136. The number of fused-ring (bicyclic) bond motifs is 1. The minimum absolute atomic E-state index is 0.185. The topological polar surface area (TPSA) is 61.1 Å². The summed E-state index contributed by atoms with van der Waals surface area (Å²) in [7, 11) is -4.25. The first kappa shape index (κ1) is 20.2. The predicted octanol–water partition coefficient (Wildman–Crippen LogP) is 4.77. The third kappa shape index (κ3) is 4.65. The lowest BCUT2D eigenvalue weighted by Gasteiger charge is -2.04. The highest BCUT2D eigenvalue weighted by atomic mass is 32.2.